The predicted octanol–water partition coefficient (Wildman–Crippen LogP) is 21.3. The maximum atomic E-state index is 6.49. The third kappa shape index (κ3) is 11.8. The van der Waals surface area contributed by atoms with E-state index in [4.69, 9.17) is 14.4 Å². The van der Waals surface area contributed by atoms with Crippen LogP contribution in [0.2, 0.25) is 0 Å². The molecule has 2 aromatic heterocycles. The van der Waals surface area contributed by atoms with Crippen molar-refractivity contribution in [2.45, 2.75) is 105 Å². The fraction of sp³-hybridized carbons (Fsp3) is 0.220. The molecule has 438 valence electrons. The molecule has 7 aromatic carbocycles. The van der Waals surface area contributed by atoms with Gasteiger partial charge in [0.2, 0.25) is 0 Å². The normalized spacial score (nSPS) is 17.6. The topological polar surface area (TPSA) is 58.1 Å². The number of anilines is 1. The number of aliphatic imine (C=N–C) groups is 2. The van der Waals surface area contributed by atoms with Crippen LogP contribution in [0.1, 0.15) is 126 Å². The van der Waals surface area contributed by atoms with E-state index >= 15 is 0 Å². The molecular formula is C82H79N5O. The molecule has 0 fully saturated rings. The summed E-state index contributed by atoms with van der Waals surface area (Å²) in [4.78, 5) is 13.1. The van der Waals surface area contributed by atoms with E-state index in [1.165, 1.54) is 84.2 Å². The first-order valence-corrected chi connectivity index (χ1v) is 31.9. The minimum atomic E-state index is -0.451. The van der Waals surface area contributed by atoms with Crippen molar-refractivity contribution in [1.82, 2.24) is 9.88 Å². The van der Waals surface area contributed by atoms with Crippen molar-refractivity contribution in [2.24, 2.45) is 15.9 Å². The number of nitrogens with one attached hydrogen (secondary N) is 1. The van der Waals surface area contributed by atoms with E-state index in [-0.39, 0.29) is 5.92 Å². The molecule has 0 amide bonds. The predicted molar refractivity (Wildman–Crippen MR) is 376 cm³/mol. The highest BCUT2D eigenvalue weighted by atomic mass is 16.3. The molecule has 88 heavy (non-hydrogen) atoms. The number of nitrogens with zero attached hydrogens (tertiary/aromatic N) is 4. The highest BCUT2D eigenvalue weighted by molar-refractivity contribution is 6.15. The van der Waals surface area contributed by atoms with Gasteiger partial charge < -0.3 is 19.2 Å². The number of fused-ring (bicyclic) bond motifs is 9. The van der Waals surface area contributed by atoms with Crippen molar-refractivity contribution in [3.05, 3.63) is 269 Å². The van der Waals surface area contributed by atoms with Gasteiger partial charge in [0, 0.05) is 69.8 Å². The zero-order chi connectivity index (χ0) is 60.5. The molecule has 6 heteroatoms. The third-order valence-electron chi connectivity index (χ3n) is 17.1. The number of para-hydroxylation sites is 1. The molecule has 0 spiro atoms. The Morgan fingerprint density at radius 3 is 2.30 bits per heavy atom. The Labute approximate surface area is 520 Å². The fourth-order valence-electron chi connectivity index (χ4n) is 12.8. The van der Waals surface area contributed by atoms with Gasteiger partial charge in [0.25, 0.3) is 0 Å². The molecule has 9 aromatic rings. The number of hydrogen-bond donors (Lipinski definition) is 1. The van der Waals surface area contributed by atoms with Crippen LogP contribution in [0, 0.1) is 17.8 Å². The van der Waals surface area contributed by atoms with Crippen molar-refractivity contribution in [3.8, 4) is 50.9 Å². The van der Waals surface area contributed by atoms with Gasteiger partial charge >= 0.3 is 0 Å². The van der Waals surface area contributed by atoms with Crippen LogP contribution >= 0.6 is 0 Å². The highest BCUT2D eigenvalue weighted by Gasteiger charge is 2.27. The van der Waals surface area contributed by atoms with E-state index < -0.39 is 6.17 Å². The second kappa shape index (κ2) is 26.9. The number of allylic oxidation sites excluding steroid dienone is 14. The van der Waals surface area contributed by atoms with Crippen molar-refractivity contribution < 1.29 is 4.42 Å². The molecule has 0 radical (unpaired) electrons. The Bertz CT molecular complexity index is 4500. The summed E-state index contributed by atoms with van der Waals surface area (Å²) >= 11 is 0. The van der Waals surface area contributed by atoms with Gasteiger partial charge in [-0.1, -0.05) is 216 Å². The van der Waals surface area contributed by atoms with Gasteiger partial charge in [-0.3, -0.25) is 0 Å². The maximum absolute atomic E-state index is 6.49. The first-order chi connectivity index (χ1) is 43.4. The summed E-state index contributed by atoms with van der Waals surface area (Å²) in [5.41, 5.74) is 22.8. The molecule has 2 atom stereocenters. The summed E-state index contributed by atoms with van der Waals surface area (Å²) in [7, 11) is 2.25. The number of hydrogen-bond acceptors (Lipinski definition) is 5. The average molecular weight is 1150 g/mol. The van der Waals surface area contributed by atoms with Crippen LogP contribution in [0.15, 0.2) is 250 Å². The van der Waals surface area contributed by atoms with E-state index in [9.17, 15) is 0 Å². The average Bonchev–Trinajstić information content (AvgIpc) is 1.70. The lowest BCUT2D eigenvalue weighted by atomic mass is 9.90. The monoisotopic (exact) mass is 1150 g/mol. The number of aryl methyl sites for hydroxylation is 1. The molecule has 2 unspecified atom stereocenters. The fourth-order valence-corrected chi connectivity index (χ4v) is 12.8. The number of benzene rings is 7. The molecule has 6 nitrogen and oxygen atoms in total. The van der Waals surface area contributed by atoms with Crippen molar-refractivity contribution in [1.29, 1.82) is 0 Å². The van der Waals surface area contributed by atoms with Crippen molar-refractivity contribution in [2.75, 3.05) is 11.9 Å². The SMILES string of the molecule is C/C=C\C.CC.CCC.CN(C1=C(C2=CC=CCC2)C=CCC1)c1ccc2c(c1)c1cccc(-c3cccc(-c4ccc5c(c4)-c4ccccc4C5)c3)c1n2-c1cccc(C2N=C(c3ccc4c5c(oc4c3)CCC=C5)N=C(C3C#CC/C=C\C=C/3)N2)c1. The Kier molecular flexibility index (Phi) is 17.9. The third-order valence-corrected chi connectivity index (χ3v) is 17.1. The van der Waals surface area contributed by atoms with Gasteiger partial charge in [-0.2, -0.15) is 0 Å². The van der Waals surface area contributed by atoms with E-state index in [0.29, 0.717) is 12.3 Å². The zero-order valence-electron chi connectivity index (χ0n) is 52.1. The molecule has 1 aliphatic heterocycles. The first kappa shape index (κ1) is 58.7. The summed E-state index contributed by atoms with van der Waals surface area (Å²) in [6, 6.07) is 54.2. The van der Waals surface area contributed by atoms with Gasteiger partial charge in [0.05, 0.1) is 17.0 Å². The Hall–Kier alpha value is -9.70. The van der Waals surface area contributed by atoms with Gasteiger partial charge in [-0.25, -0.2) is 9.98 Å². The minimum Gasteiger partial charge on any atom is -0.460 e. The zero-order valence-corrected chi connectivity index (χ0v) is 52.1. The molecule has 15 rings (SSSR count). The summed E-state index contributed by atoms with van der Waals surface area (Å²) in [5.74, 6) is 9.07. The largest absolute Gasteiger partial charge is 0.460 e. The standard InChI is InChI=1S/C73H57N5O.C4H8.C3H8.C2H6/c1-77(66-33-14-12-29-59(66)47-19-8-5-9-20-47)56-38-40-67-65(46-56)63-32-18-31-60(52-25-16-24-49(41-52)50-35-36-53-42-51-23-10-11-28-58(51)64(53)44-50)70(63)78(67)57-27-17-26-54(43-57)72-74-71(48-21-6-3-2-4-7-22-48)75-73(76-72)55-37-39-62-61-30-13-15-34-68(61)79-69(62)45-55;1-3-4-2;1-3-2;1-2/h2-3,5-6,8,10-13,16-19,21,23-32,35-41,43-46,48,72H,4,9,14-15,20,33-34,42H2,1H3,(H,74,75,76);3-4H,1-2H3;3H2,1-2H3;1-2H3/b3-2-,21-6-;4-3-;;. The lowest BCUT2D eigenvalue weighted by molar-refractivity contribution is 0.546. The molecule has 1 N–H and O–H groups in total. The molecule has 0 bridgehead atoms. The number of furan rings is 1. The molecule has 0 saturated carbocycles. The van der Waals surface area contributed by atoms with Crippen LogP contribution in [0.4, 0.5) is 5.69 Å². The van der Waals surface area contributed by atoms with E-state index in [1.807, 2.05) is 39.8 Å². The van der Waals surface area contributed by atoms with Crippen LogP contribution in [0.5, 0.6) is 0 Å². The summed E-state index contributed by atoms with van der Waals surface area (Å²) < 4.78 is 8.97. The Morgan fingerprint density at radius 1 is 0.659 bits per heavy atom. The van der Waals surface area contributed by atoms with Crippen molar-refractivity contribution in [3.63, 3.8) is 0 Å². The summed E-state index contributed by atoms with van der Waals surface area (Å²) in [5, 5.41) is 7.31. The van der Waals surface area contributed by atoms with E-state index in [2.05, 4.69) is 260 Å². The van der Waals surface area contributed by atoms with Gasteiger partial charge in [-0.15, -0.1) is 0 Å². The van der Waals surface area contributed by atoms with E-state index in [1.54, 1.807) is 0 Å². The Balaban J connectivity index is 0.000000792. The summed E-state index contributed by atoms with van der Waals surface area (Å²) in [6.07, 6.45) is 36.8. The second-order valence-corrected chi connectivity index (χ2v) is 22.9. The van der Waals surface area contributed by atoms with Gasteiger partial charge in [-0.05, 0) is 163 Å². The maximum Gasteiger partial charge on any atom is 0.159 e. The molecule has 5 aliphatic carbocycles. The van der Waals surface area contributed by atoms with Crippen LogP contribution < -0.4 is 10.2 Å². The van der Waals surface area contributed by atoms with Crippen LogP contribution in [-0.4, -0.2) is 23.3 Å². The van der Waals surface area contributed by atoms with Crippen molar-refractivity contribution >= 4 is 56.2 Å². The van der Waals surface area contributed by atoms with Crippen LogP contribution in [-0.2, 0) is 12.8 Å². The molecule has 0 saturated heterocycles. The van der Waals surface area contributed by atoms with Gasteiger partial charge in [0.1, 0.15) is 23.3 Å². The minimum absolute atomic E-state index is 0.241. The van der Waals surface area contributed by atoms with Crippen LogP contribution in [0.3, 0.4) is 0 Å². The lowest BCUT2D eigenvalue weighted by Crippen LogP contribution is -2.37. The van der Waals surface area contributed by atoms with Crippen LogP contribution in [0.25, 0.3) is 77.9 Å². The number of aromatic nitrogens is 1. The molecule has 6 aliphatic rings. The number of rotatable bonds is 9. The van der Waals surface area contributed by atoms with E-state index in [0.717, 1.165) is 101 Å². The smallest absolute Gasteiger partial charge is 0.159 e. The van der Waals surface area contributed by atoms with Gasteiger partial charge in [0.15, 0.2) is 5.84 Å². The summed E-state index contributed by atoms with van der Waals surface area (Å²) in [6.45, 7) is 12.2. The Morgan fingerprint density at radius 2 is 1.43 bits per heavy atom. The lowest BCUT2D eigenvalue weighted by Gasteiger charge is -2.29. The highest BCUT2D eigenvalue weighted by Crippen LogP contribution is 2.44. The quantitative estimate of drug-likeness (QED) is 0.116. The molecular weight excluding hydrogens is 1070 g/mol. The molecule has 3 heterocycles. The number of amidine groups is 2. The second-order valence-electron chi connectivity index (χ2n) is 22.9. The first-order valence-electron chi connectivity index (χ1n) is 31.9.